The smallest absolute Gasteiger partial charge is 0.264 e. The lowest BCUT2D eigenvalue weighted by atomic mass is 10.1. The van der Waals surface area contributed by atoms with Crippen molar-refractivity contribution in [1.29, 1.82) is 0 Å². The second kappa shape index (κ2) is 8.07. The molecule has 0 radical (unpaired) electrons. The summed E-state index contributed by atoms with van der Waals surface area (Å²) in [5, 5.41) is 4.72. The van der Waals surface area contributed by atoms with Crippen molar-refractivity contribution in [1.82, 2.24) is 9.78 Å². The van der Waals surface area contributed by atoms with Gasteiger partial charge in [0.1, 0.15) is 17.2 Å². The largest absolute Gasteiger partial charge is 0.289 e. The van der Waals surface area contributed by atoms with Crippen molar-refractivity contribution in [2.24, 2.45) is 0 Å². The number of hydrogen-bond acceptors (Lipinski definition) is 4. The summed E-state index contributed by atoms with van der Waals surface area (Å²) in [7, 11) is -2.14. The zero-order valence-corrected chi connectivity index (χ0v) is 19.3. The van der Waals surface area contributed by atoms with E-state index in [0.717, 1.165) is 5.56 Å². The van der Waals surface area contributed by atoms with Gasteiger partial charge in [-0.1, -0.05) is 36.4 Å². The Morgan fingerprint density at radius 3 is 2.35 bits per heavy atom. The van der Waals surface area contributed by atoms with Gasteiger partial charge >= 0.3 is 0 Å². The van der Waals surface area contributed by atoms with Crippen LogP contribution in [0.1, 0.15) is 21.6 Å². The minimum absolute atomic E-state index is 0.188. The lowest BCUT2D eigenvalue weighted by molar-refractivity contribution is 0.104. The highest BCUT2D eigenvalue weighted by molar-refractivity contribution is 7.93. The first kappa shape index (κ1) is 21.8. The summed E-state index contributed by atoms with van der Waals surface area (Å²) in [6, 6.07) is 19.6. The Labute approximate surface area is 196 Å². The molecule has 8 heteroatoms. The molecule has 0 amide bonds. The molecule has 0 N–H and O–H groups in total. The molecule has 1 aromatic heterocycles. The third-order valence-electron chi connectivity index (χ3n) is 5.87. The van der Waals surface area contributed by atoms with Crippen LogP contribution in [0.4, 0.5) is 10.1 Å². The first-order chi connectivity index (χ1) is 16.3. The summed E-state index contributed by atoms with van der Waals surface area (Å²) in [6.45, 7) is 1.82. The van der Waals surface area contributed by atoms with Crippen LogP contribution in [-0.4, -0.2) is 31.0 Å². The Morgan fingerprint density at radius 1 is 0.971 bits per heavy atom. The number of allylic oxidation sites excluding steroid dienone is 1. The van der Waals surface area contributed by atoms with E-state index in [1.165, 1.54) is 29.6 Å². The molecule has 0 unspecified atom stereocenters. The molecule has 6 nitrogen and oxygen atoms in total. The number of hydrogen-bond donors (Lipinski definition) is 0. The summed E-state index contributed by atoms with van der Waals surface area (Å²) in [6.07, 6.45) is 3.08. The van der Waals surface area contributed by atoms with Gasteiger partial charge in [-0.3, -0.25) is 9.10 Å². The van der Waals surface area contributed by atoms with Crippen LogP contribution < -0.4 is 4.31 Å². The fraction of sp³-hybridized carbons (Fsp3) is 0.0769. The number of fused-ring (bicyclic) bond motifs is 3. The number of rotatable bonds is 4. The fourth-order valence-electron chi connectivity index (χ4n) is 4.07. The highest BCUT2D eigenvalue weighted by Crippen LogP contribution is 2.43. The van der Waals surface area contributed by atoms with Crippen LogP contribution in [0.15, 0.2) is 83.8 Å². The topological polar surface area (TPSA) is 72.3 Å². The van der Waals surface area contributed by atoms with Crippen molar-refractivity contribution >= 4 is 27.6 Å². The molecule has 0 saturated heterocycles. The summed E-state index contributed by atoms with van der Waals surface area (Å²) >= 11 is 0. The van der Waals surface area contributed by atoms with Gasteiger partial charge in [0, 0.05) is 18.2 Å². The Bertz CT molecular complexity index is 1550. The maximum absolute atomic E-state index is 13.0. The number of carbonyl (C=O) groups excluding carboxylic acids is 1. The van der Waals surface area contributed by atoms with Gasteiger partial charge in [0.2, 0.25) is 0 Å². The normalized spacial score (nSPS) is 14.1. The number of nitrogens with zero attached hydrogens (tertiary/aromatic N) is 3. The average molecular weight is 474 g/mol. The SMILES string of the molecule is Cc1c2c(nn1-c1ccc(C(=O)/C=C/c3ccc(F)cc3)cc1)-c1ccccc1S(=O)(=O)N2C. The molecule has 3 aromatic carbocycles. The van der Waals surface area contributed by atoms with E-state index in [-0.39, 0.29) is 16.5 Å². The van der Waals surface area contributed by atoms with Gasteiger partial charge in [-0.05, 0) is 61.0 Å². The molecular formula is C26H20FN3O3S. The quantitative estimate of drug-likeness (QED) is 0.308. The number of sulfonamides is 1. The van der Waals surface area contributed by atoms with E-state index < -0.39 is 10.0 Å². The van der Waals surface area contributed by atoms with Crippen LogP contribution in [0.2, 0.25) is 0 Å². The van der Waals surface area contributed by atoms with E-state index in [9.17, 15) is 17.6 Å². The summed E-state index contributed by atoms with van der Waals surface area (Å²) in [4.78, 5) is 12.8. The van der Waals surface area contributed by atoms with Crippen molar-refractivity contribution < 1.29 is 17.6 Å². The van der Waals surface area contributed by atoms with E-state index in [2.05, 4.69) is 0 Å². The van der Waals surface area contributed by atoms with E-state index in [1.54, 1.807) is 71.4 Å². The minimum Gasteiger partial charge on any atom is -0.289 e. The van der Waals surface area contributed by atoms with Crippen LogP contribution in [0, 0.1) is 12.7 Å². The Kier molecular flexibility index (Phi) is 5.17. The van der Waals surface area contributed by atoms with E-state index in [4.69, 9.17) is 5.10 Å². The highest BCUT2D eigenvalue weighted by Gasteiger charge is 2.36. The maximum atomic E-state index is 13.0. The van der Waals surface area contributed by atoms with Gasteiger partial charge in [-0.15, -0.1) is 0 Å². The average Bonchev–Trinajstić information content (AvgIpc) is 3.19. The molecule has 170 valence electrons. The Morgan fingerprint density at radius 2 is 1.65 bits per heavy atom. The van der Waals surface area contributed by atoms with Crippen molar-refractivity contribution in [2.45, 2.75) is 11.8 Å². The summed E-state index contributed by atoms with van der Waals surface area (Å²) in [5.41, 5.74) is 4.27. The van der Waals surface area contributed by atoms with Gasteiger partial charge in [-0.25, -0.2) is 17.5 Å². The third-order valence-corrected chi connectivity index (χ3v) is 7.69. The van der Waals surface area contributed by atoms with Crippen molar-refractivity contribution in [2.75, 3.05) is 11.4 Å². The third kappa shape index (κ3) is 3.52. The molecule has 1 aliphatic rings. The molecular weight excluding hydrogens is 453 g/mol. The number of halogens is 1. The molecule has 34 heavy (non-hydrogen) atoms. The first-order valence-electron chi connectivity index (χ1n) is 10.5. The van der Waals surface area contributed by atoms with E-state index >= 15 is 0 Å². The Balaban J connectivity index is 1.48. The molecule has 4 aromatic rings. The van der Waals surface area contributed by atoms with Gasteiger partial charge in [0.05, 0.1) is 16.3 Å². The number of benzene rings is 3. The summed E-state index contributed by atoms with van der Waals surface area (Å²) < 4.78 is 42.0. The van der Waals surface area contributed by atoms with Crippen molar-refractivity contribution in [3.8, 4) is 16.9 Å². The molecule has 0 aliphatic carbocycles. The standard InChI is InChI=1S/C26H20FN3O3S/c1-17-26-25(22-5-3-4-6-24(22)34(32,33)29(26)2)28-30(17)21-14-10-19(11-15-21)23(31)16-9-18-7-12-20(27)13-8-18/h3-16H,1-2H3/b16-9+. The van der Waals surface area contributed by atoms with Crippen LogP contribution >= 0.6 is 0 Å². The first-order valence-corrected chi connectivity index (χ1v) is 12.0. The van der Waals surface area contributed by atoms with Gasteiger partial charge < -0.3 is 0 Å². The predicted molar refractivity (Wildman–Crippen MR) is 129 cm³/mol. The molecule has 2 heterocycles. The fourth-order valence-corrected chi connectivity index (χ4v) is 5.51. The highest BCUT2D eigenvalue weighted by atomic mass is 32.2. The lowest BCUT2D eigenvalue weighted by Gasteiger charge is -2.26. The predicted octanol–water partition coefficient (Wildman–Crippen LogP) is 5.02. The maximum Gasteiger partial charge on any atom is 0.264 e. The van der Waals surface area contributed by atoms with Gasteiger partial charge in [0.15, 0.2) is 5.78 Å². The zero-order chi connectivity index (χ0) is 24.0. The minimum atomic E-state index is -3.67. The zero-order valence-electron chi connectivity index (χ0n) is 18.4. The molecule has 0 fully saturated rings. The molecule has 5 rings (SSSR count). The molecule has 0 saturated carbocycles. The van der Waals surface area contributed by atoms with Crippen molar-refractivity contribution in [3.63, 3.8) is 0 Å². The van der Waals surface area contributed by atoms with Gasteiger partial charge in [0.25, 0.3) is 10.0 Å². The molecule has 0 atom stereocenters. The van der Waals surface area contributed by atoms with Crippen LogP contribution in [0.25, 0.3) is 23.0 Å². The second-order valence-electron chi connectivity index (χ2n) is 7.96. The monoisotopic (exact) mass is 473 g/mol. The number of aromatic nitrogens is 2. The molecule has 0 bridgehead atoms. The van der Waals surface area contributed by atoms with E-state index in [0.29, 0.717) is 33.9 Å². The van der Waals surface area contributed by atoms with Crippen LogP contribution in [-0.2, 0) is 10.0 Å². The Hall–Kier alpha value is -4.04. The van der Waals surface area contributed by atoms with Gasteiger partial charge in [-0.2, -0.15) is 5.10 Å². The number of anilines is 1. The van der Waals surface area contributed by atoms with Crippen LogP contribution in [0.3, 0.4) is 0 Å². The summed E-state index contributed by atoms with van der Waals surface area (Å²) in [5.74, 6) is -0.519. The number of carbonyl (C=O) groups is 1. The molecule has 1 aliphatic heterocycles. The number of ketones is 1. The second-order valence-corrected chi connectivity index (χ2v) is 9.90. The van der Waals surface area contributed by atoms with E-state index in [1.807, 2.05) is 6.92 Å². The lowest BCUT2D eigenvalue weighted by Crippen LogP contribution is -2.30. The van der Waals surface area contributed by atoms with Crippen LogP contribution in [0.5, 0.6) is 0 Å². The van der Waals surface area contributed by atoms with Crippen molar-refractivity contribution in [3.05, 3.63) is 102 Å². The molecule has 0 spiro atoms.